The maximum absolute atomic E-state index is 12.2. The van der Waals surface area contributed by atoms with E-state index in [1.807, 2.05) is 74.1 Å². The number of aromatic nitrogens is 3. The highest BCUT2D eigenvalue weighted by Crippen LogP contribution is 2.11. The zero-order chi connectivity index (χ0) is 18.5. The molecule has 26 heavy (non-hydrogen) atoms. The van der Waals surface area contributed by atoms with Crippen molar-refractivity contribution in [1.82, 2.24) is 19.9 Å². The molecule has 0 aliphatic carbocycles. The second-order valence-corrected chi connectivity index (χ2v) is 6.23. The minimum absolute atomic E-state index is 0.0678. The van der Waals surface area contributed by atoms with Gasteiger partial charge in [0.2, 0.25) is 0 Å². The van der Waals surface area contributed by atoms with Crippen molar-refractivity contribution in [1.29, 1.82) is 0 Å². The smallest absolute Gasteiger partial charge is 0.251 e. The van der Waals surface area contributed by atoms with Gasteiger partial charge in [-0.3, -0.25) is 4.79 Å². The third kappa shape index (κ3) is 4.27. The van der Waals surface area contributed by atoms with E-state index in [-0.39, 0.29) is 5.91 Å². The molecule has 0 fully saturated rings. The number of anilines is 1. The van der Waals surface area contributed by atoms with Crippen molar-refractivity contribution in [3.05, 3.63) is 71.3 Å². The number of nitrogens with one attached hydrogen (secondary N) is 2. The van der Waals surface area contributed by atoms with E-state index >= 15 is 0 Å². The van der Waals surface area contributed by atoms with Crippen molar-refractivity contribution in [3.63, 3.8) is 0 Å². The number of carbonyl (C=O) groups excluding carboxylic acids is 1. The first-order valence-corrected chi connectivity index (χ1v) is 8.61. The number of hydrogen-bond donors (Lipinski definition) is 2. The van der Waals surface area contributed by atoms with E-state index in [0.717, 1.165) is 17.2 Å². The Morgan fingerprint density at radius 2 is 1.77 bits per heavy atom. The van der Waals surface area contributed by atoms with Gasteiger partial charge >= 0.3 is 0 Å². The number of benzene rings is 1. The maximum Gasteiger partial charge on any atom is 0.251 e. The third-order valence-corrected chi connectivity index (χ3v) is 4.18. The molecule has 3 aromatic rings. The molecule has 0 atom stereocenters. The van der Waals surface area contributed by atoms with E-state index in [4.69, 9.17) is 0 Å². The second kappa shape index (κ2) is 7.82. The summed E-state index contributed by atoms with van der Waals surface area (Å²) < 4.78 is 1.93. The lowest BCUT2D eigenvalue weighted by Crippen LogP contribution is -2.29. The lowest BCUT2D eigenvalue weighted by Gasteiger charge is -2.10. The van der Waals surface area contributed by atoms with Crippen LogP contribution in [0.15, 0.2) is 48.8 Å². The normalized spacial score (nSPS) is 10.6. The molecule has 2 heterocycles. The zero-order valence-electron chi connectivity index (χ0n) is 15.3. The molecular formula is C20H23N5O. The predicted molar refractivity (Wildman–Crippen MR) is 103 cm³/mol. The van der Waals surface area contributed by atoms with Gasteiger partial charge in [-0.05, 0) is 56.2 Å². The van der Waals surface area contributed by atoms with Crippen LogP contribution in [0.25, 0.3) is 5.82 Å². The Balaban J connectivity index is 1.55. The van der Waals surface area contributed by atoms with E-state index < -0.39 is 0 Å². The van der Waals surface area contributed by atoms with Crippen molar-refractivity contribution in [3.8, 4) is 5.82 Å². The first-order chi connectivity index (χ1) is 12.5. The number of rotatable bonds is 6. The molecule has 0 saturated carbocycles. The van der Waals surface area contributed by atoms with Crippen LogP contribution in [0.5, 0.6) is 0 Å². The molecule has 0 aliphatic heterocycles. The molecule has 2 N–H and O–H groups in total. The fourth-order valence-corrected chi connectivity index (χ4v) is 2.61. The van der Waals surface area contributed by atoms with E-state index in [1.54, 1.807) is 0 Å². The van der Waals surface area contributed by atoms with Gasteiger partial charge < -0.3 is 15.2 Å². The highest BCUT2D eigenvalue weighted by molar-refractivity contribution is 5.94. The van der Waals surface area contributed by atoms with Crippen LogP contribution >= 0.6 is 0 Å². The molecule has 0 spiro atoms. The molecule has 0 saturated heterocycles. The zero-order valence-corrected chi connectivity index (χ0v) is 15.3. The highest BCUT2D eigenvalue weighted by Gasteiger charge is 2.07. The number of nitrogens with zero attached hydrogens (tertiary/aromatic N) is 3. The summed E-state index contributed by atoms with van der Waals surface area (Å²) in [7, 11) is 0. The second-order valence-electron chi connectivity index (χ2n) is 6.23. The topological polar surface area (TPSA) is 71.8 Å². The summed E-state index contributed by atoms with van der Waals surface area (Å²) >= 11 is 0. The van der Waals surface area contributed by atoms with Gasteiger partial charge in [0, 0.05) is 37.1 Å². The Hall–Kier alpha value is -3.15. The first kappa shape index (κ1) is 17.7. The molecule has 0 radical (unpaired) electrons. The highest BCUT2D eigenvalue weighted by atomic mass is 16.1. The van der Waals surface area contributed by atoms with Gasteiger partial charge in [-0.25, -0.2) is 9.97 Å². The molecule has 0 aliphatic rings. The van der Waals surface area contributed by atoms with Gasteiger partial charge in [-0.1, -0.05) is 6.07 Å². The summed E-state index contributed by atoms with van der Waals surface area (Å²) in [6.07, 6.45) is 3.88. The van der Waals surface area contributed by atoms with Crippen LogP contribution in [0.2, 0.25) is 0 Å². The third-order valence-electron chi connectivity index (χ3n) is 4.18. The fraction of sp³-hybridized carbons (Fsp3) is 0.250. The van der Waals surface area contributed by atoms with E-state index in [2.05, 4.69) is 20.6 Å². The van der Waals surface area contributed by atoms with Gasteiger partial charge in [-0.15, -0.1) is 0 Å². The predicted octanol–water partition coefficient (Wildman–Crippen LogP) is 3.03. The first-order valence-electron chi connectivity index (χ1n) is 8.61. The van der Waals surface area contributed by atoms with Crippen molar-refractivity contribution >= 4 is 11.7 Å². The molecule has 0 bridgehead atoms. The van der Waals surface area contributed by atoms with Crippen molar-refractivity contribution in [2.45, 2.75) is 20.8 Å². The molecular weight excluding hydrogens is 326 g/mol. The Kier molecular flexibility index (Phi) is 5.31. The van der Waals surface area contributed by atoms with E-state index in [1.165, 1.54) is 5.56 Å². The van der Waals surface area contributed by atoms with Crippen LogP contribution in [0.3, 0.4) is 0 Å². The summed E-state index contributed by atoms with van der Waals surface area (Å²) in [4.78, 5) is 21.0. The standard InChI is InChI=1S/C20H23N5O/c1-14-6-7-17(12-15(14)2)20(26)22-9-8-21-18-13-19(24-16(3)23-18)25-10-4-5-11-25/h4-7,10-13H,8-9H2,1-3H3,(H,22,26)(H,21,23,24). The Labute approximate surface area is 153 Å². The summed E-state index contributed by atoms with van der Waals surface area (Å²) in [6.45, 7) is 6.99. The lowest BCUT2D eigenvalue weighted by atomic mass is 10.1. The van der Waals surface area contributed by atoms with Crippen molar-refractivity contribution in [2.24, 2.45) is 0 Å². The van der Waals surface area contributed by atoms with Crippen LogP contribution in [0.4, 0.5) is 5.82 Å². The average molecular weight is 349 g/mol. The molecule has 1 amide bonds. The van der Waals surface area contributed by atoms with Crippen molar-refractivity contribution < 1.29 is 4.79 Å². The summed E-state index contributed by atoms with van der Waals surface area (Å²) in [5.74, 6) is 2.17. The monoisotopic (exact) mass is 349 g/mol. The maximum atomic E-state index is 12.2. The lowest BCUT2D eigenvalue weighted by molar-refractivity contribution is 0.0955. The van der Waals surface area contributed by atoms with Gasteiger partial charge in [0.05, 0.1) is 0 Å². The van der Waals surface area contributed by atoms with E-state index in [9.17, 15) is 4.79 Å². The molecule has 6 nitrogen and oxygen atoms in total. The van der Waals surface area contributed by atoms with Crippen LogP contribution < -0.4 is 10.6 Å². The van der Waals surface area contributed by atoms with Gasteiger partial charge in [0.1, 0.15) is 17.5 Å². The summed E-state index contributed by atoms with van der Waals surface area (Å²) in [5, 5.41) is 6.16. The Morgan fingerprint density at radius 3 is 2.50 bits per heavy atom. The van der Waals surface area contributed by atoms with Gasteiger partial charge in [0.25, 0.3) is 5.91 Å². The SMILES string of the molecule is Cc1nc(NCCNC(=O)c2ccc(C)c(C)c2)cc(-n2cccc2)n1. The molecule has 0 unspecified atom stereocenters. The van der Waals surface area contributed by atoms with Crippen LogP contribution in [0, 0.1) is 20.8 Å². The largest absolute Gasteiger partial charge is 0.368 e. The molecule has 6 heteroatoms. The van der Waals surface area contributed by atoms with Crippen molar-refractivity contribution in [2.75, 3.05) is 18.4 Å². The quantitative estimate of drug-likeness (QED) is 0.671. The minimum atomic E-state index is -0.0678. The molecule has 3 rings (SSSR count). The molecule has 2 aromatic heterocycles. The summed E-state index contributed by atoms with van der Waals surface area (Å²) in [6, 6.07) is 11.5. The van der Waals surface area contributed by atoms with Gasteiger partial charge in [0.15, 0.2) is 0 Å². The molecule has 134 valence electrons. The van der Waals surface area contributed by atoms with Crippen LogP contribution in [0.1, 0.15) is 27.3 Å². The van der Waals surface area contributed by atoms with Crippen LogP contribution in [-0.4, -0.2) is 33.5 Å². The average Bonchev–Trinajstić information content (AvgIpc) is 3.15. The fourth-order valence-electron chi connectivity index (χ4n) is 2.61. The van der Waals surface area contributed by atoms with E-state index in [0.29, 0.717) is 24.5 Å². The summed E-state index contributed by atoms with van der Waals surface area (Å²) in [5.41, 5.74) is 2.98. The molecule has 1 aromatic carbocycles. The van der Waals surface area contributed by atoms with Crippen LogP contribution in [-0.2, 0) is 0 Å². The Morgan fingerprint density at radius 1 is 1.00 bits per heavy atom. The number of aryl methyl sites for hydroxylation is 3. The minimum Gasteiger partial charge on any atom is -0.368 e. The van der Waals surface area contributed by atoms with Gasteiger partial charge in [-0.2, -0.15) is 0 Å². The number of amides is 1. The number of hydrogen-bond acceptors (Lipinski definition) is 4. The Bertz CT molecular complexity index is 903. The number of carbonyl (C=O) groups is 1.